The molecule has 3 heteroatoms. The minimum absolute atomic E-state index is 0.180. The Morgan fingerprint density at radius 3 is 2.44 bits per heavy atom. The van der Waals surface area contributed by atoms with Crippen LogP contribution in [0.5, 0.6) is 0 Å². The van der Waals surface area contributed by atoms with E-state index in [1.165, 1.54) is 11.3 Å². The second kappa shape index (κ2) is 6.51. The molecule has 0 radical (unpaired) electrons. The standard InChI is InChI=1S/C13H21NO2/c1-5-14(10-13(15-3)16-4)12-8-6-7-11(2)9-12/h6-9,13H,5,10H2,1-4H3. The lowest BCUT2D eigenvalue weighted by Crippen LogP contribution is -2.34. The van der Waals surface area contributed by atoms with Gasteiger partial charge in [0.2, 0.25) is 0 Å². The molecule has 0 saturated carbocycles. The van der Waals surface area contributed by atoms with Crippen molar-refractivity contribution in [1.82, 2.24) is 0 Å². The summed E-state index contributed by atoms with van der Waals surface area (Å²) in [4.78, 5) is 2.24. The van der Waals surface area contributed by atoms with Gasteiger partial charge in [-0.25, -0.2) is 0 Å². The molecule has 16 heavy (non-hydrogen) atoms. The number of methoxy groups -OCH3 is 2. The number of anilines is 1. The number of likely N-dealkylation sites (N-methyl/N-ethyl adjacent to an activating group) is 1. The average molecular weight is 223 g/mol. The van der Waals surface area contributed by atoms with Crippen LogP contribution in [-0.2, 0) is 9.47 Å². The maximum atomic E-state index is 5.22. The van der Waals surface area contributed by atoms with Gasteiger partial charge in [0.25, 0.3) is 0 Å². The summed E-state index contributed by atoms with van der Waals surface area (Å²) in [5.74, 6) is 0. The SMILES string of the molecule is CCN(CC(OC)OC)c1cccc(C)c1. The summed E-state index contributed by atoms with van der Waals surface area (Å²) in [5.41, 5.74) is 2.48. The highest BCUT2D eigenvalue weighted by Gasteiger charge is 2.11. The van der Waals surface area contributed by atoms with Crippen molar-refractivity contribution in [1.29, 1.82) is 0 Å². The molecule has 90 valence electrons. The third-order valence-corrected chi connectivity index (χ3v) is 2.64. The van der Waals surface area contributed by atoms with Crippen LogP contribution in [0.25, 0.3) is 0 Å². The summed E-state index contributed by atoms with van der Waals surface area (Å²) in [5, 5.41) is 0. The molecule has 0 bridgehead atoms. The largest absolute Gasteiger partial charge is 0.367 e. The second-order valence-corrected chi connectivity index (χ2v) is 3.78. The maximum Gasteiger partial charge on any atom is 0.174 e. The zero-order valence-corrected chi connectivity index (χ0v) is 10.6. The van der Waals surface area contributed by atoms with Gasteiger partial charge in [0.05, 0.1) is 6.54 Å². The first kappa shape index (κ1) is 13.0. The van der Waals surface area contributed by atoms with Gasteiger partial charge in [-0.15, -0.1) is 0 Å². The molecule has 0 N–H and O–H groups in total. The van der Waals surface area contributed by atoms with Crippen LogP contribution < -0.4 is 4.90 Å². The van der Waals surface area contributed by atoms with E-state index in [0.717, 1.165) is 13.1 Å². The van der Waals surface area contributed by atoms with E-state index in [1.807, 2.05) is 0 Å². The fourth-order valence-electron chi connectivity index (χ4n) is 1.67. The number of rotatable bonds is 6. The van der Waals surface area contributed by atoms with Crippen LogP contribution >= 0.6 is 0 Å². The predicted octanol–water partition coefficient (Wildman–Crippen LogP) is 2.44. The van der Waals surface area contributed by atoms with Crippen molar-refractivity contribution in [2.45, 2.75) is 20.1 Å². The Labute approximate surface area is 98.0 Å². The Morgan fingerprint density at radius 2 is 1.94 bits per heavy atom. The molecule has 1 aromatic carbocycles. The maximum absolute atomic E-state index is 5.22. The van der Waals surface area contributed by atoms with E-state index in [4.69, 9.17) is 9.47 Å². The third kappa shape index (κ3) is 3.51. The molecule has 0 aliphatic rings. The van der Waals surface area contributed by atoms with E-state index in [2.05, 4.69) is 43.0 Å². The minimum atomic E-state index is -0.180. The Morgan fingerprint density at radius 1 is 1.25 bits per heavy atom. The smallest absolute Gasteiger partial charge is 0.174 e. The first-order valence-electron chi connectivity index (χ1n) is 5.58. The molecule has 0 saturated heterocycles. The lowest BCUT2D eigenvalue weighted by molar-refractivity contribution is -0.0948. The predicted molar refractivity (Wildman–Crippen MR) is 66.9 cm³/mol. The van der Waals surface area contributed by atoms with Gasteiger partial charge >= 0.3 is 0 Å². The number of aryl methyl sites for hydroxylation is 1. The number of nitrogens with zero attached hydrogens (tertiary/aromatic N) is 1. The van der Waals surface area contributed by atoms with Crippen LogP contribution in [0.15, 0.2) is 24.3 Å². The summed E-state index contributed by atoms with van der Waals surface area (Å²) in [6.07, 6.45) is -0.180. The van der Waals surface area contributed by atoms with Crippen molar-refractivity contribution < 1.29 is 9.47 Å². The Kier molecular flexibility index (Phi) is 5.29. The third-order valence-electron chi connectivity index (χ3n) is 2.64. The molecule has 0 unspecified atom stereocenters. The van der Waals surface area contributed by atoms with Gasteiger partial charge in [-0.1, -0.05) is 12.1 Å². The second-order valence-electron chi connectivity index (χ2n) is 3.78. The molecule has 0 atom stereocenters. The quantitative estimate of drug-likeness (QED) is 0.691. The van der Waals surface area contributed by atoms with Gasteiger partial charge in [0.15, 0.2) is 6.29 Å². The molecular formula is C13H21NO2. The van der Waals surface area contributed by atoms with Crippen molar-refractivity contribution in [3.8, 4) is 0 Å². The number of hydrogen-bond donors (Lipinski definition) is 0. The van der Waals surface area contributed by atoms with E-state index in [1.54, 1.807) is 14.2 Å². The van der Waals surface area contributed by atoms with Crippen LogP contribution in [0.1, 0.15) is 12.5 Å². The fraction of sp³-hybridized carbons (Fsp3) is 0.538. The Bertz CT molecular complexity index is 311. The molecule has 0 aromatic heterocycles. The molecule has 0 amide bonds. The fourth-order valence-corrected chi connectivity index (χ4v) is 1.67. The van der Waals surface area contributed by atoms with Crippen LogP contribution in [0.2, 0.25) is 0 Å². The molecule has 0 aliphatic heterocycles. The Balaban J connectivity index is 2.74. The summed E-state index contributed by atoms with van der Waals surface area (Å²) in [6.45, 7) is 5.91. The van der Waals surface area contributed by atoms with Crippen molar-refractivity contribution in [3.63, 3.8) is 0 Å². The number of benzene rings is 1. The lowest BCUT2D eigenvalue weighted by Gasteiger charge is -2.27. The molecule has 3 nitrogen and oxygen atoms in total. The van der Waals surface area contributed by atoms with Gasteiger partial charge in [-0.3, -0.25) is 0 Å². The molecule has 0 aliphatic carbocycles. The van der Waals surface area contributed by atoms with E-state index in [9.17, 15) is 0 Å². The molecule has 0 heterocycles. The lowest BCUT2D eigenvalue weighted by atomic mass is 10.2. The number of hydrogen-bond acceptors (Lipinski definition) is 3. The minimum Gasteiger partial charge on any atom is -0.367 e. The first-order chi connectivity index (χ1) is 7.71. The van der Waals surface area contributed by atoms with Gasteiger partial charge in [-0.2, -0.15) is 0 Å². The van der Waals surface area contributed by atoms with Crippen molar-refractivity contribution >= 4 is 5.69 Å². The van der Waals surface area contributed by atoms with Crippen molar-refractivity contribution in [2.75, 3.05) is 32.2 Å². The summed E-state index contributed by atoms with van der Waals surface area (Å²) in [7, 11) is 3.33. The summed E-state index contributed by atoms with van der Waals surface area (Å²) in [6, 6.07) is 8.45. The van der Waals surface area contributed by atoms with Gasteiger partial charge in [0, 0.05) is 26.5 Å². The monoisotopic (exact) mass is 223 g/mol. The van der Waals surface area contributed by atoms with Gasteiger partial charge < -0.3 is 14.4 Å². The van der Waals surface area contributed by atoms with E-state index < -0.39 is 0 Å². The highest BCUT2D eigenvalue weighted by atomic mass is 16.7. The topological polar surface area (TPSA) is 21.7 Å². The molecule has 0 spiro atoms. The summed E-state index contributed by atoms with van der Waals surface area (Å²) < 4.78 is 10.4. The average Bonchev–Trinajstić information content (AvgIpc) is 2.31. The molecule has 0 fully saturated rings. The summed E-state index contributed by atoms with van der Waals surface area (Å²) >= 11 is 0. The highest BCUT2D eigenvalue weighted by molar-refractivity contribution is 5.48. The number of ether oxygens (including phenoxy) is 2. The zero-order valence-electron chi connectivity index (χ0n) is 10.6. The molecule has 1 rings (SSSR count). The van der Waals surface area contributed by atoms with Crippen molar-refractivity contribution in [2.24, 2.45) is 0 Å². The van der Waals surface area contributed by atoms with E-state index in [-0.39, 0.29) is 6.29 Å². The normalized spacial score (nSPS) is 10.8. The highest BCUT2D eigenvalue weighted by Crippen LogP contribution is 2.16. The van der Waals surface area contributed by atoms with Gasteiger partial charge in [-0.05, 0) is 31.5 Å². The van der Waals surface area contributed by atoms with E-state index >= 15 is 0 Å². The first-order valence-corrected chi connectivity index (χ1v) is 5.58. The van der Waals surface area contributed by atoms with Crippen molar-refractivity contribution in [3.05, 3.63) is 29.8 Å². The molecule has 1 aromatic rings. The van der Waals surface area contributed by atoms with Crippen LogP contribution in [0.4, 0.5) is 5.69 Å². The van der Waals surface area contributed by atoms with E-state index in [0.29, 0.717) is 0 Å². The van der Waals surface area contributed by atoms with Crippen LogP contribution in [0.3, 0.4) is 0 Å². The van der Waals surface area contributed by atoms with Crippen LogP contribution in [0, 0.1) is 6.92 Å². The zero-order chi connectivity index (χ0) is 12.0. The van der Waals surface area contributed by atoms with Crippen LogP contribution in [-0.4, -0.2) is 33.6 Å². The van der Waals surface area contributed by atoms with Gasteiger partial charge in [0.1, 0.15) is 0 Å². The molecular weight excluding hydrogens is 202 g/mol. The Hall–Kier alpha value is -1.06.